The van der Waals surface area contributed by atoms with Gasteiger partial charge in [0.15, 0.2) is 0 Å². The van der Waals surface area contributed by atoms with E-state index in [0.717, 1.165) is 0 Å². The Morgan fingerprint density at radius 3 is 2.20 bits per heavy atom. The Hall–Kier alpha value is -1.56. The normalized spacial score (nSPS) is 10.3. The first-order valence-electron chi connectivity index (χ1n) is 5.23. The molecule has 75 valence electrons. The van der Waals surface area contributed by atoms with Crippen LogP contribution in [0.2, 0.25) is 0 Å². The van der Waals surface area contributed by atoms with E-state index < -0.39 is 0 Å². The van der Waals surface area contributed by atoms with E-state index in [0.29, 0.717) is 0 Å². The number of benzene rings is 2. The monoisotopic (exact) mass is 195 g/mol. The molecule has 0 heteroatoms. The molecule has 0 saturated heterocycles. The summed E-state index contributed by atoms with van der Waals surface area (Å²) in [6.07, 6.45) is 0. The van der Waals surface area contributed by atoms with Crippen molar-refractivity contribution in [2.24, 2.45) is 0 Å². The Bertz CT molecular complexity index is 464. The van der Waals surface area contributed by atoms with Crippen molar-refractivity contribution in [3.63, 3.8) is 0 Å². The van der Waals surface area contributed by atoms with Crippen molar-refractivity contribution in [1.29, 1.82) is 0 Å². The fourth-order valence-electron chi connectivity index (χ4n) is 1.73. The van der Waals surface area contributed by atoms with E-state index in [1.54, 1.807) is 0 Å². The van der Waals surface area contributed by atoms with Gasteiger partial charge < -0.3 is 0 Å². The zero-order chi connectivity index (χ0) is 10.8. The van der Waals surface area contributed by atoms with Gasteiger partial charge in [0, 0.05) is 0 Å². The number of hydrogen-bond acceptors (Lipinski definition) is 0. The van der Waals surface area contributed by atoms with Crippen LogP contribution in [0.5, 0.6) is 0 Å². The van der Waals surface area contributed by atoms with Crippen molar-refractivity contribution in [2.75, 3.05) is 0 Å². The van der Waals surface area contributed by atoms with Gasteiger partial charge in [-0.3, -0.25) is 0 Å². The first-order chi connectivity index (χ1) is 7.18. The zero-order valence-corrected chi connectivity index (χ0v) is 9.46. The molecular formula is C15H15. The molecule has 0 bridgehead atoms. The molecule has 0 fully saturated rings. The van der Waals surface area contributed by atoms with Crippen molar-refractivity contribution in [2.45, 2.75) is 20.8 Å². The standard InChI is InChI=1S/C15H15/c1-11-7-9-14(10-8-11)15-6-4-5-12(2)13(15)3/h4,6-10H,1-3H3. The molecule has 0 unspecified atom stereocenters. The molecule has 0 spiro atoms. The van der Waals surface area contributed by atoms with Crippen molar-refractivity contribution >= 4 is 0 Å². The maximum Gasteiger partial charge on any atom is -0.0149 e. The second-order valence-corrected chi connectivity index (χ2v) is 4.01. The molecule has 0 saturated carbocycles. The van der Waals surface area contributed by atoms with Gasteiger partial charge in [-0.05, 0) is 49.1 Å². The Morgan fingerprint density at radius 2 is 1.53 bits per heavy atom. The number of rotatable bonds is 1. The maximum absolute atomic E-state index is 3.22. The summed E-state index contributed by atoms with van der Waals surface area (Å²) in [5.41, 5.74) is 6.45. The third-order valence-corrected chi connectivity index (χ3v) is 2.88. The molecular weight excluding hydrogens is 180 g/mol. The molecule has 2 aromatic rings. The van der Waals surface area contributed by atoms with Gasteiger partial charge in [0.1, 0.15) is 0 Å². The molecule has 0 aromatic heterocycles. The van der Waals surface area contributed by atoms with E-state index in [2.05, 4.69) is 57.2 Å². The van der Waals surface area contributed by atoms with Crippen LogP contribution < -0.4 is 0 Å². The summed E-state index contributed by atoms with van der Waals surface area (Å²) >= 11 is 0. The van der Waals surface area contributed by atoms with Gasteiger partial charge in [-0.2, -0.15) is 0 Å². The Morgan fingerprint density at radius 1 is 0.867 bits per heavy atom. The highest BCUT2D eigenvalue weighted by Gasteiger charge is 2.02. The molecule has 0 N–H and O–H groups in total. The summed E-state index contributed by atoms with van der Waals surface area (Å²) < 4.78 is 0. The lowest BCUT2D eigenvalue weighted by atomic mass is 9.97. The van der Waals surface area contributed by atoms with Crippen LogP contribution >= 0.6 is 0 Å². The summed E-state index contributed by atoms with van der Waals surface area (Å²) in [5, 5.41) is 0. The van der Waals surface area contributed by atoms with E-state index in [4.69, 9.17) is 0 Å². The van der Waals surface area contributed by atoms with Gasteiger partial charge in [-0.25, -0.2) is 0 Å². The van der Waals surface area contributed by atoms with Crippen LogP contribution in [0.15, 0.2) is 36.4 Å². The second-order valence-electron chi connectivity index (χ2n) is 4.01. The third kappa shape index (κ3) is 1.94. The highest BCUT2D eigenvalue weighted by atomic mass is 14.1. The van der Waals surface area contributed by atoms with E-state index in [1.165, 1.54) is 27.8 Å². The van der Waals surface area contributed by atoms with Crippen LogP contribution in [0.4, 0.5) is 0 Å². The van der Waals surface area contributed by atoms with Crippen LogP contribution in [0, 0.1) is 26.8 Å². The van der Waals surface area contributed by atoms with E-state index >= 15 is 0 Å². The summed E-state index contributed by atoms with van der Waals surface area (Å²) in [6, 6.07) is 16.0. The largest absolute Gasteiger partial charge is 0.0587 e. The lowest BCUT2D eigenvalue weighted by Crippen LogP contribution is -1.87. The lowest BCUT2D eigenvalue weighted by Gasteiger charge is -2.08. The van der Waals surface area contributed by atoms with Gasteiger partial charge in [-0.15, -0.1) is 0 Å². The summed E-state index contributed by atoms with van der Waals surface area (Å²) in [4.78, 5) is 0. The van der Waals surface area contributed by atoms with Crippen LogP contribution in [-0.4, -0.2) is 0 Å². The summed E-state index contributed by atoms with van der Waals surface area (Å²) in [6.45, 7) is 6.37. The van der Waals surface area contributed by atoms with Gasteiger partial charge in [0.2, 0.25) is 0 Å². The molecule has 0 atom stereocenters. The Kier molecular flexibility index (Phi) is 2.59. The molecule has 2 rings (SSSR count). The van der Waals surface area contributed by atoms with E-state index in [9.17, 15) is 0 Å². The van der Waals surface area contributed by atoms with Crippen LogP contribution in [0.25, 0.3) is 11.1 Å². The topological polar surface area (TPSA) is 0 Å². The average molecular weight is 195 g/mol. The smallest absolute Gasteiger partial charge is 0.0149 e. The van der Waals surface area contributed by atoms with Crippen molar-refractivity contribution in [3.8, 4) is 11.1 Å². The average Bonchev–Trinajstić information content (AvgIpc) is 2.24. The van der Waals surface area contributed by atoms with Gasteiger partial charge >= 0.3 is 0 Å². The summed E-state index contributed by atoms with van der Waals surface area (Å²) in [5.74, 6) is 0. The molecule has 0 aliphatic rings. The Labute approximate surface area is 91.6 Å². The first kappa shape index (κ1) is 9.97. The van der Waals surface area contributed by atoms with Gasteiger partial charge in [-0.1, -0.05) is 42.0 Å². The summed E-state index contributed by atoms with van der Waals surface area (Å²) in [7, 11) is 0. The molecule has 1 radical (unpaired) electrons. The van der Waals surface area contributed by atoms with Crippen molar-refractivity contribution in [3.05, 3.63) is 59.2 Å². The zero-order valence-electron chi connectivity index (χ0n) is 9.46. The lowest BCUT2D eigenvalue weighted by molar-refractivity contribution is 1.33. The minimum absolute atomic E-state index is 1.23. The highest BCUT2D eigenvalue weighted by Crippen LogP contribution is 2.25. The molecule has 0 heterocycles. The predicted molar refractivity (Wildman–Crippen MR) is 64.9 cm³/mol. The minimum Gasteiger partial charge on any atom is -0.0587 e. The second kappa shape index (κ2) is 3.90. The molecule has 0 aliphatic heterocycles. The SMILES string of the molecule is Cc1ccc(-c2cc[c]c(C)c2C)cc1. The van der Waals surface area contributed by atoms with E-state index in [1.807, 2.05) is 6.07 Å². The molecule has 15 heavy (non-hydrogen) atoms. The van der Waals surface area contributed by atoms with E-state index in [-0.39, 0.29) is 0 Å². The number of hydrogen-bond donors (Lipinski definition) is 0. The predicted octanol–water partition coefficient (Wildman–Crippen LogP) is 4.08. The van der Waals surface area contributed by atoms with Gasteiger partial charge in [0.25, 0.3) is 0 Å². The van der Waals surface area contributed by atoms with Crippen molar-refractivity contribution < 1.29 is 0 Å². The quantitative estimate of drug-likeness (QED) is 0.643. The fraction of sp³-hybridized carbons (Fsp3) is 0.200. The first-order valence-corrected chi connectivity index (χ1v) is 5.23. The Balaban J connectivity index is 2.54. The van der Waals surface area contributed by atoms with Crippen LogP contribution in [-0.2, 0) is 0 Å². The minimum atomic E-state index is 1.23. The van der Waals surface area contributed by atoms with Crippen LogP contribution in [0.3, 0.4) is 0 Å². The van der Waals surface area contributed by atoms with Crippen molar-refractivity contribution in [1.82, 2.24) is 0 Å². The fourth-order valence-corrected chi connectivity index (χ4v) is 1.73. The van der Waals surface area contributed by atoms with Crippen LogP contribution in [0.1, 0.15) is 16.7 Å². The molecule has 0 aliphatic carbocycles. The number of aryl methyl sites for hydroxylation is 2. The third-order valence-electron chi connectivity index (χ3n) is 2.88. The molecule has 0 nitrogen and oxygen atoms in total. The van der Waals surface area contributed by atoms with Gasteiger partial charge in [0.05, 0.1) is 0 Å². The molecule has 2 aromatic carbocycles. The maximum atomic E-state index is 3.22. The highest BCUT2D eigenvalue weighted by molar-refractivity contribution is 5.68. The molecule has 0 amide bonds.